The van der Waals surface area contributed by atoms with Crippen molar-refractivity contribution in [2.75, 3.05) is 65.5 Å². The molecule has 0 spiro atoms. The first-order valence-electron chi connectivity index (χ1n) is 9.80. The van der Waals surface area contributed by atoms with E-state index in [1.807, 2.05) is 12.1 Å². The van der Waals surface area contributed by atoms with Gasteiger partial charge in [-0.15, -0.1) is 0 Å². The maximum atomic E-state index is 12.6. The van der Waals surface area contributed by atoms with E-state index in [0.717, 1.165) is 31.9 Å². The lowest BCUT2D eigenvalue weighted by Crippen LogP contribution is -2.48. The molecule has 0 aliphatic carbocycles. The Morgan fingerprint density at radius 2 is 1.53 bits per heavy atom. The summed E-state index contributed by atoms with van der Waals surface area (Å²) in [5.41, 5.74) is 1.17. The summed E-state index contributed by atoms with van der Waals surface area (Å²) in [6.45, 7) is 4.56. The minimum Gasteiger partial charge on any atom is -0.497 e. The van der Waals surface area contributed by atoms with E-state index in [9.17, 15) is 8.42 Å². The molecular weight excluding hydrogens is 406 g/mol. The highest BCUT2D eigenvalue weighted by Gasteiger charge is 2.20. The molecule has 2 aromatic carbocycles. The number of piperazine rings is 1. The zero-order valence-electron chi connectivity index (χ0n) is 17.6. The lowest BCUT2D eigenvalue weighted by Gasteiger charge is -2.36. The second kappa shape index (κ2) is 10.0. The molecule has 1 aliphatic heterocycles. The largest absolute Gasteiger partial charge is 0.497 e. The van der Waals surface area contributed by atoms with Crippen molar-refractivity contribution < 1.29 is 22.6 Å². The van der Waals surface area contributed by atoms with Crippen molar-refractivity contribution in [3.05, 3.63) is 42.5 Å². The second-order valence-electron chi connectivity index (χ2n) is 6.94. The maximum absolute atomic E-state index is 12.6. The minimum absolute atomic E-state index is 0.157. The van der Waals surface area contributed by atoms with Crippen molar-refractivity contribution in [2.24, 2.45) is 0 Å². The SMILES string of the molecule is COc1ccc(N2CCN(CCNS(=O)(=O)c3ccc(OC)c(OC)c3)CC2)cc1. The number of sulfonamides is 1. The molecule has 0 bridgehead atoms. The van der Waals surface area contributed by atoms with Crippen LogP contribution in [0.5, 0.6) is 17.2 Å². The van der Waals surface area contributed by atoms with Gasteiger partial charge in [0.1, 0.15) is 5.75 Å². The van der Waals surface area contributed by atoms with Gasteiger partial charge < -0.3 is 19.1 Å². The smallest absolute Gasteiger partial charge is 0.240 e. The van der Waals surface area contributed by atoms with Crippen LogP contribution in [0.4, 0.5) is 5.69 Å². The molecule has 0 unspecified atom stereocenters. The topological polar surface area (TPSA) is 80.3 Å². The number of hydrogen-bond acceptors (Lipinski definition) is 7. The first kappa shape index (κ1) is 22.2. The summed E-state index contributed by atoms with van der Waals surface area (Å²) in [7, 11) is 1.04. The lowest BCUT2D eigenvalue weighted by molar-refractivity contribution is 0.262. The van der Waals surface area contributed by atoms with Crippen LogP contribution in [-0.4, -0.2) is 73.9 Å². The fraction of sp³-hybridized carbons (Fsp3) is 0.429. The van der Waals surface area contributed by atoms with E-state index in [0.29, 0.717) is 24.6 Å². The number of rotatable bonds is 9. The minimum atomic E-state index is -3.61. The van der Waals surface area contributed by atoms with Crippen LogP contribution in [-0.2, 0) is 10.0 Å². The molecule has 0 amide bonds. The van der Waals surface area contributed by atoms with Crippen LogP contribution in [0.15, 0.2) is 47.4 Å². The van der Waals surface area contributed by atoms with Crippen molar-refractivity contribution in [3.63, 3.8) is 0 Å². The van der Waals surface area contributed by atoms with Gasteiger partial charge in [-0.2, -0.15) is 0 Å². The van der Waals surface area contributed by atoms with Crippen LogP contribution >= 0.6 is 0 Å². The number of anilines is 1. The Morgan fingerprint density at radius 3 is 2.13 bits per heavy atom. The summed E-state index contributed by atoms with van der Waals surface area (Å²) in [5, 5.41) is 0. The molecule has 0 atom stereocenters. The molecule has 164 valence electrons. The van der Waals surface area contributed by atoms with Crippen LogP contribution in [0.2, 0.25) is 0 Å². The maximum Gasteiger partial charge on any atom is 0.240 e. The molecule has 8 nitrogen and oxygen atoms in total. The Bertz CT molecular complexity index is 926. The van der Waals surface area contributed by atoms with Crippen molar-refractivity contribution in [1.29, 1.82) is 0 Å². The van der Waals surface area contributed by atoms with Gasteiger partial charge in [-0.05, 0) is 36.4 Å². The van der Waals surface area contributed by atoms with Gasteiger partial charge in [-0.25, -0.2) is 13.1 Å². The quantitative estimate of drug-likeness (QED) is 0.643. The van der Waals surface area contributed by atoms with E-state index in [1.54, 1.807) is 13.2 Å². The highest BCUT2D eigenvalue weighted by molar-refractivity contribution is 7.89. The Kier molecular flexibility index (Phi) is 7.41. The third-order valence-electron chi connectivity index (χ3n) is 5.20. The van der Waals surface area contributed by atoms with E-state index in [-0.39, 0.29) is 4.90 Å². The van der Waals surface area contributed by atoms with E-state index in [2.05, 4.69) is 26.7 Å². The first-order chi connectivity index (χ1) is 14.5. The van der Waals surface area contributed by atoms with Gasteiger partial charge in [0.05, 0.1) is 26.2 Å². The zero-order valence-corrected chi connectivity index (χ0v) is 18.4. The monoisotopic (exact) mass is 435 g/mol. The summed E-state index contributed by atoms with van der Waals surface area (Å²) in [6.07, 6.45) is 0. The molecule has 0 aromatic heterocycles. The zero-order chi connectivity index (χ0) is 21.6. The van der Waals surface area contributed by atoms with Crippen molar-refractivity contribution in [3.8, 4) is 17.2 Å². The van der Waals surface area contributed by atoms with Gasteiger partial charge in [0.25, 0.3) is 0 Å². The summed E-state index contributed by atoms with van der Waals surface area (Å²) >= 11 is 0. The standard InChI is InChI=1S/C21H29N3O5S/c1-27-18-6-4-17(5-7-18)24-14-12-23(13-15-24)11-10-22-30(25,26)19-8-9-20(28-2)21(16-19)29-3/h4-9,16,22H,10-15H2,1-3H3. The van der Waals surface area contributed by atoms with E-state index < -0.39 is 10.0 Å². The third kappa shape index (κ3) is 5.35. The van der Waals surface area contributed by atoms with Gasteiger partial charge >= 0.3 is 0 Å². The Balaban J connectivity index is 1.48. The molecule has 1 N–H and O–H groups in total. The number of ether oxygens (including phenoxy) is 3. The molecule has 30 heavy (non-hydrogen) atoms. The van der Waals surface area contributed by atoms with Gasteiger partial charge in [0, 0.05) is 51.0 Å². The van der Waals surface area contributed by atoms with Crippen LogP contribution in [0.3, 0.4) is 0 Å². The number of hydrogen-bond donors (Lipinski definition) is 1. The number of nitrogens with one attached hydrogen (secondary N) is 1. The van der Waals surface area contributed by atoms with Crippen molar-refractivity contribution >= 4 is 15.7 Å². The summed E-state index contributed by atoms with van der Waals surface area (Å²) in [6, 6.07) is 12.6. The first-order valence-corrected chi connectivity index (χ1v) is 11.3. The average Bonchev–Trinajstić information content (AvgIpc) is 2.79. The lowest BCUT2D eigenvalue weighted by atomic mass is 10.2. The fourth-order valence-electron chi connectivity index (χ4n) is 3.43. The number of benzene rings is 2. The molecule has 0 radical (unpaired) electrons. The highest BCUT2D eigenvalue weighted by Crippen LogP contribution is 2.29. The molecule has 1 heterocycles. The van der Waals surface area contributed by atoms with E-state index in [1.165, 1.54) is 32.0 Å². The average molecular weight is 436 g/mol. The van der Waals surface area contributed by atoms with Crippen LogP contribution < -0.4 is 23.8 Å². The van der Waals surface area contributed by atoms with Crippen molar-refractivity contribution in [2.45, 2.75) is 4.90 Å². The predicted molar refractivity (Wildman–Crippen MR) is 116 cm³/mol. The molecule has 1 saturated heterocycles. The molecule has 1 fully saturated rings. The van der Waals surface area contributed by atoms with Crippen LogP contribution in [0.1, 0.15) is 0 Å². The molecule has 3 rings (SSSR count). The molecule has 1 aliphatic rings. The molecule has 2 aromatic rings. The summed E-state index contributed by atoms with van der Waals surface area (Å²) in [5.74, 6) is 1.72. The summed E-state index contributed by atoms with van der Waals surface area (Å²) in [4.78, 5) is 4.74. The Hall–Kier alpha value is -2.49. The second-order valence-corrected chi connectivity index (χ2v) is 8.71. The van der Waals surface area contributed by atoms with Gasteiger partial charge in [-0.1, -0.05) is 0 Å². The number of nitrogens with zero attached hydrogens (tertiary/aromatic N) is 2. The highest BCUT2D eigenvalue weighted by atomic mass is 32.2. The van der Waals surface area contributed by atoms with E-state index >= 15 is 0 Å². The van der Waals surface area contributed by atoms with Gasteiger partial charge in [0.2, 0.25) is 10.0 Å². The number of methoxy groups -OCH3 is 3. The Labute approximate surface area is 178 Å². The molecule has 9 heteroatoms. The molecular formula is C21H29N3O5S. The third-order valence-corrected chi connectivity index (χ3v) is 6.65. The Morgan fingerprint density at radius 1 is 0.867 bits per heavy atom. The van der Waals surface area contributed by atoms with Gasteiger partial charge in [-0.3, -0.25) is 4.90 Å². The van der Waals surface area contributed by atoms with Crippen LogP contribution in [0.25, 0.3) is 0 Å². The predicted octanol–water partition coefficient (Wildman–Crippen LogP) is 1.81. The van der Waals surface area contributed by atoms with Crippen molar-refractivity contribution in [1.82, 2.24) is 9.62 Å². The van der Waals surface area contributed by atoms with E-state index in [4.69, 9.17) is 14.2 Å². The van der Waals surface area contributed by atoms with Crippen LogP contribution in [0, 0.1) is 0 Å². The molecule has 0 saturated carbocycles. The fourth-order valence-corrected chi connectivity index (χ4v) is 4.46. The summed E-state index contributed by atoms with van der Waals surface area (Å²) < 4.78 is 43.4. The normalized spacial score (nSPS) is 15.1. The van der Waals surface area contributed by atoms with Gasteiger partial charge in [0.15, 0.2) is 11.5 Å².